The number of hydrogen-bond donors (Lipinski definition) is 3. The molecule has 0 aromatic carbocycles. The topological polar surface area (TPSA) is 87.0 Å². The molecule has 0 radical (unpaired) electrons. The molecule has 0 aliphatic heterocycles. The zero-order valence-corrected chi connectivity index (χ0v) is 8.12. The molecule has 0 heterocycles. The lowest BCUT2D eigenvalue weighted by Gasteiger charge is -2.29. The maximum Gasteiger partial charge on any atom is 0.328 e. The van der Waals surface area contributed by atoms with E-state index < -0.39 is 17.9 Å². The smallest absolute Gasteiger partial charge is 0.328 e. The monoisotopic (exact) mass is 212 g/mol. The third kappa shape index (κ3) is 2.76. The molecule has 0 saturated heterocycles. The molecule has 0 bridgehead atoms. The number of carboxylic acids is 1. The molecule has 1 aliphatic carbocycles. The molecule has 3 N–H and O–H groups in total. The van der Waals surface area contributed by atoms with Gasteiger partial charge in [-0.3, -0.25) is 0 Å². The van der Waals surface area contributed by atoms with Gasteiger partial charge in [-0.15, -0.1) is 0 Å². The van der Waals surface area contributed by atoms with Crippen molar-refractivity contribution >= 4 is 5.97 Å². The predicted octanol–water partition coefficient (Wildman–Crippen LogP) is -0.181. The SMILES string of the molecule is COC1(O)C=CC(C=CC(=O)O)=CC1O. The standard InChI is InChI=1S/C10H12O5/c1-15-10(14)5-4-7(6-8(10)11)2-3-9(12)13/h2-6,8,11,14H,1H3,(H,12,13). The molecule has 5 nitrogen and oxygen atoms in total. The van der Waals surface area contributed by atoms with E-state index in [1.54, 1.807) is 0 Å². The Hall–Kier alpha value is -1.43. The lowest BCUT2D eigenvalue weighted by atomic mass is 9.99. The van der Waals surface area contributed by atoms with E-state index in [0.29, 0.717) is 5.57 Å². The number of aliphatic carboxylic acids is 1. The normalized spacial score (nSPS) is 30.6. The van der Waals surface area contributed by atoms with E-state index >= 15 is 0 Å². The average Bonchev–Trinajstić information content (AvgIpc) is 2.20. The first kappa shape index (κ1) is 11.6. The predicted molar refractivity (Wildman–Crippen MR) is 52.0 cm³/mol. The fourth-order valence-corrected chi connectivity index (χ4v) is 1.14. The highest BCUT2D eigenvalue weighted by molar-refractivity contribution is 5.80. The van der Waals surface area contributed by atoms with Crippen molar-refractivity contribution in [2.24, 2.45) is 0 Å². The number of carbonyl (C=O) groups is 1. The molecule has 0 saturated carbocycles. The maximum atomic E-state index is 10.2. The summed E-state index contributed by atoms with van der Waals surface area (Å²) in [5.74, 6) is -2.81. The van der Waals surface area contributed by atoms with Crippen molar-refractivity contribution in [2.75, 3.05) is 7.11 Å². The number of ether oxygens (including phenoxy) is 1. The third-order valence-electron chi connectivity index (χ3n) is 2.03. The fourth-order valence-electron chi connectivity index (χ4n) is 1.14. The van der Waals surface area contributed by atoms with Crippen molar-refractivity contribution in [2.45, 2.75) is 11.9 Å². The summed E-state index contributed by atoms with van der Waals surface area (Å²) in [5.41, 5.74) is 0.492. The van der Waals surface area contributed by atoms with Crippen LogP contribution < -0.4 is 0 Å². The van der Waals surface area contributed by atoms with Gasteiger partial charge >= 0.3 is 5.97 Å². The molecular formula is C10H12O5. The summed E-state index contributed by atoms with van der Waals surface area (Å²) in [7, 11) is 1.26. The second-order valence-electron chi connectivity index (χ2n) is 3.07. The number of methoxy groups -OCH3 is 1. The van der Waals surface area contributed by atoms with Crippen LogP contribution in [0.5, 0.6) is 0 Å². The summed E-state index contributed by atoms with van der Waals surface area (Å²) in [6, 6.07) is 0. The van der Waals surface area contributed by atoms with E-state index in [4.69, 9.17) is 9.84 Å². The third-order valence-corrected chi connectivity index (χ3v) is 2.03. The Bertz CT molecular complexity index is 342. The zero-order valence-electron chi connectivity index (χ0n) is 8.12. The second-order valence-corrected chi connectivity index (χ2v) is 3.07. The van der Waals surface area contributed by atoms with Gasteiger partial charge in [0.25, 0.3) is 0 Å². The largest absolute Gasteiger partial charge is 0.478 e. The van der Waals surface area contributed by atoms with Gasteiger partial charge in [0.05, 0.1) is 0 Å². The molecule has 5 heteroatoms. The Morgan fingerprint density at radius 1 is 1.67 bits per heavy atom. The average molecular weight is 212 g/mol. The molecule has 0 aromatic rings. The van der Waals surface area contributed by atoms with Crippen molar-refractivity contribution in [3.8, 4) is 0 Å². The Balaban J connectivity index is 2.80. The molecule has 15 heavy (non-hydrogen) atoms. The summed E-state index contributed by atoms with van der Waals surface area (Å²) in [6.45, 7) is 0. The van der Waals surface area contributed by atoms with Crippen molar-refractivity contribution in [3.63, 3.8) is 0 Å². The van der Waals surface area contributed by atoms with E-state index in [9.17, 15) is 15.0 Å². The first-order valence-electron chi connectivity index (χ1n) is 4.25. The minimum absolute atomic E-state index is 0.492. The molecule has 0 fully saturated rings. The van der Waals surface area contributed by atoms with Crippen LogP contribution in [-0.2, 0) is 9.53 Å². The first-order valence-corrected chi connectivity index (χ1v) is 4.25. The molecule has 0 spiro atoms. The lowest BCUT2D eigenvalue weighted by Crippen LogP contribution is -2.42. The van der Waals surface area contributed by atoms with Gasteiger partial charge in [-0.1, -0.05) is 6.08 Å². The number of aliphatic hydroxyl groups is 2. The number of allylic oxidation sites excluding steroid dienone is 3. The Kier molecular flexibility index (Phi) is 3.41. The Labute approximate surface area is 86.6 Å². The van der Waals surface area contributed by atoms with Crippen LogP contribution in [0, 0.1) is 0 Å². The number of hydrogen-bond acceptors (Lipinski definition) is 4. The fraction of sp³-hybridized carbons (Fsp3) is 0.300. The van der Waals surface area contributed by atoms with Gasteiger partial charge in [-0.25, -0.2) is 4.79 Å². The van der Waals surface area contributed by atoms with Crippen LogP contribution in [0.2, 0.25) is 0 Å². The summed E-state index contributed by atoms with van der Waals surface area (Å²) in [4.78, 5) is 10.2. The quantitative estimate of drug-likeness (QED) is 0.446. The molecule has 2 atom stereocenters. The van der Waals surface area contributed by atoms with E-state index in [1.807, 2.05) is 0 Å². The van der Waals surface area contributed by atoms with Crippen LogP contribution >= 0.6 is 0 Å². The van der Waals surface area contributed by atoms with Crippen molar-refractivity contribution in [1.29, 1.82) is 0 Å². The summed E-state index contributed by atoms with van der Waals surface area (Å²) >= 11 is 0. The molecule has 0 aromatic heterocycles. The minimum atomic E-state index is -1.74. The van der Waals surface area contributed by atoms with Crippen LogP contribution in [0.25, 0.3) is 0 Å². The van der Waals surface area contributed by atoms with E-state index in [1.165, 1.54) is 31.4 Å². The number of carboxylic acid groups (broad SMARTS) is 1. The van der Waals surface area contributed by atoms with Crippen LogP contribution in [0.1, 0.15) is 0 Å². The maximum absolute atomic E-state index is 10.2. The van der Waals surface area contributed by atoms with Gasteiger partial charge in [-0.2, -0.15) is 0 Å². The van der Waals surface area contributed by atoms with Gasteiger partial charge in [0, 0.05) is 13.2 Å². The van der Waals surface area contributed by atoms with Gasteiger partial charge in [0.1, 0.15) is 6.10 Å². The minimum Gasteiger partial charge on any atom is -0.478 e. The second kappa shape index (κ2) is 4.39. The molecular weight excluding hydrogens is 200 g/mol. The first-order chi connectivity index (χ1) is 6.98. The van der Waals surface area contributed by atoms with Crippen molar-refractivity contribution in [3.05, 3.63) is 36.0 Å². The molecule has 1 rings (SSSR count). The van der Waals surface area contributed by atoms with Gasteiger partial charge in [-0.05, 0) is 23.8 Å². The van der Waals surface area contributed by atoms with Crippen LogP contribution in [0.15, 0.2) is 36.0 Å². The van der Waals surface area contributed by atoms with Crippen molar-refractivity contribution in [1.82, 2.24) is 0 Å². The van der Waals surface area contributed by atoms with Gasteiger partial charge in [0.2, 0.25) is 5.79 Å². The van der Waals surface area contributed by atoms with Gasteiger partial charge < -0.3 is 20.1 Å². The molecule has 82 valence electrons. The summed E-state index contributed by atoms with van der Waals surface area (Å²) in [5, 5.41) is 27.5. The highest BCUT2D eigenvalue weighted by Gasteiger charge is 2.33. The zero-order chi connectivity index (χ0) is 11.5. The summed E-state index contributed by atoms with van der Waals surface area (Å²) < 4.78 is 4.70. The van der Waals surface area contributed by atoms with Crippen LogP contribution in [0.4, 0.5) is 0 Å². The van der Waals surface area contributed by atoms with E-state index in [2.05, 4.69) is 0 Å². The summed E-state index contributed by atoms with van der Waals surface area (Å²) in [6.07, 6.45) is 5.08. The van der Waals surface area contributed by atoms with Crippen molar-refractivity contribution < 1.29 is 24.9 Å². The Morgan fingerprint density at radius 3 is 2.80 bits per heavy atom. The van der Waals surface area contributed by atoms with Crippen LogP contribution in [0.3, 0.4) is 0 Å². The molecule has 0 amide bonds. The van der Waals surface area contributed by atoms with Gasteiger partial charge in [0.15, 0.2) is 0 Å². The van der Waals surface area contributed by atoms with E-state index in [0.717, 1.165) is 6.08 Å². The van der Waals surface area contributed by atoms with E-state index in [-0.39, 0.29) is 0 Å². The molecule has 1 aliphatic rings. The highest BCUT2D eigenvalue weighted by Crippen LogP contribution is 2.22. The number of aliphatic hydroxyl groups excluding tert-OH is 1. The van der Waals surface area contributed by atoms with Crippen LogP contribution in [-0.4, -0.2) is 40.3 Å². The molecule has 2 unspecified atom stereocenters. The highest BCUT2D eigenvalue weighted by atomic mass is 16.6. The lowest BCUT2D eigenvalue weighted by molar-refractivity contribution is -0.195. The number of rotatable bonds is 3. The Morgan fingerprint density at radius 2 is 2.33 bits per heavy atom.